The van der Waals surface area contributed by atoms with E-state index in [1.54, 1.807) is 0 Å². The van der Waals surface area contributed by atoms with Crippen LogP contribution in [0.25, 0.3) is 10.8 Å². The van der Waals surface area contributed by atoms with E-state index in [0.717, 1.165) is 24.4 Å². The SMILES string of the molecule is c1ccc2cc(CNC3C4CNCC43)ccc2c1. The van der Waals surface area contributed by atoms with E-state index in [4.69, 9.17) is 0 Å². The van der Waals surface area contributed by atoms with E-state index in [9.17, 15) is 0 Å². The second-order valence-electron chi connectivity index (χ2n) is 5.57. The van der Waals surface area contributed by atoms with Gasteiger partial charge in [-0.2, -0.15) is 0 Å². The molecule has 2 aliphatic rings. The van der Waals surface area contributed by atoms with Gasteiger partial charge in [0.25, 0.3) is 0 Å². The van der Waals surface area contributed by atoms with Gasteiger partial charge in [-0.05, 0) is 47.3 Å². The lowest BCUT2D eigenvalue weighted by Crippen LogP contribution is -2.27. The fourth-order valence-corrected chi connectivity index (χ4v) is 3.31. The molecule has 2 atom stereocenters. The Kier molecular flexibility index (Phi) is 2.39. The van der Waals surface area contributed by atoms with Crippen LogP contribution in [-0.4, -0.2) is 19.1 Å². The predicted molar refractivity (Wildman–Crippen MR) is 74.4 cm³/mol. The minimum absolute atomic E-state index is 0.762. The highest BCUT2D eigenvalue weighted by Crippen LogP contribution is 2.41. The van der Waals surface area contributed by atoms with Crippen molar-refractivity contribution in [1.82, 2.24) is 10.6 Å². The molecule has 2 nitrogen and oxygen atoms in total. The lowest BCUT2D eigenvalue weighted by molar-refractivity contribution is 0.567. The highest BCUT2D eigenvalue weighted by atomic mass is 15.1. The van der Waals surface area contributed by atoms with Gasteiger partial charge < -0.3 is 10.6 Å². The Morgan fingerprint density at radius 1 is 1.00 bits per heavy atom. The maximum atomic E-state index is 3.70. The third-order valence-corrected chi connectivity index (χ3v) is 4.45. The second-order valence-corrected chi connectivity index (χ2v) is 5.57. The Hall–Kier alpha value is -1.38. The Labute approximate surface area is 107 Å². The maximum absolute atomic E-state index is 3.70. The first kappa shape index (κ1) is 10.5. The Bertz CT molecular complexity index is 568. The number of hydrogen-bond donors (Lipinski definition) is 2. The quantitative estimate of drug-likeness (QED) is 0.856. The molecular formula is C16H18N2. The smallest absolute Gasteiger partial charge is 0.0208 e. The van der Waals surface area contributed by atoms with E-state index < -0.39 is 0 Å². The normalized spacial score (nSPS) is 29.4. The molecule has 1 aliphatic carbocycles. The number of piperidine rings is 1. The molecule has 92 valence electrons. The van der Waals surface area contributed by atoms with Crippen molar-refractivity contribution in [2.75, 3.05) is 13.1 Å². The van der Waals surface area contributed by atoms with Gasteiger partial charge in [-0.1, -0.05) is 36.4 Å². The van der Waals surface area contributed by atoms with Gasteiger partial charge in [0.1, 0.15) is 0 Å². The first-order chi connectivity index (χ1) is 8.92. The van der Waals surface area contributed by atoms with Crippen molar-refractivity contribution in [2.24, 2.45) is 11.8 Å². The van der Waals surface area contributed by atoms with Gasteiger partial charge in [0.15, 0.2) is 0 Å². The third kappa shape index (κ3) is 1.73. The van der Waals surface area contributed by atoms with Crippen LogP contribution in [-0.2, 0) is 6.54 Å². The number of fused-ring (bicyclic) bond motifs is 2. The van der Waals surface area contributed by atoms with Crippen LogP contribution in [0, 0.1) is 11.8 Å². The zero-order chi connectivity index (χ0) is 11.9. The second kappa shape index (κ2) is 4.08. The summed E-state index contributed by atoms with van der Waals surface area (Å²) in [7, 11) is 0. The summed E-state index contributed by atoms with van der Waals surface area (Å²) >= 11 is 0. The van der Waals surface area contributed by atoms with Gasteiger partial charge in [0, 0.05) is 12.6 Å². The monoisotopic (exact) mass is 238 g/mol. The molecule has 0 amide bonds. The fourth-order valence-electron chi connectivity index (χ4n) is 3.31. The van der Waals surface area contributed by atoms with Crippen molar-refractivity contribution < 1.29 is 0 Å². The summed E-state index contributed by atoms with van der Waals surface area (Å²) in [4.78, 5) is 0. The van der Waals surface area contributed by atoms with E-state index >= 15 is 0 Å². The molecule has 4 rings (SSSR count). The average Bonchev–Trinajstić information content (AvgIpc) is 2.84. The van der Waals surface area contributed by atoms with E-state index in [2.05, 4.69) is 53.1 Å². The van der Waals surface area contributed by atoms with Gasteiger partial charge in [0.2, 0.25) is 0 Å². The molecule has 0 bridgehead atoms. The van der Waals surface area contributed by atoms with E-state index in [1.807, 2.05) is 0 Å². The van der Waals surface area contributed by atoms with Crippen LogP contribution in [0.15, 0.2) is 42.5 Å². The lowest BCUT2D eigenvalue weighted by Gasteiger charge is -2.08. The van der Waals surface area contributed by atoms with Crippen LogP contribution in [0.2, 0.25) is 0 Å². The largest absolute Gasteiger partial charge is 0.316 e. The Morgan fingerprint density at radius 2 is 1.78 bits per heavy atom. The van der Waals surface area contributed by atoms with Crippen molar-refractivity contribution >= 4 is 10.8 Å². The van der Waals surface area contributed by atoms with E-state index in [1.165, 1.54) is 29.4 Å². The van der Waals surface area contributed by atoms with Crippen LogP contribution < -0.4 is 10.6 Å². The molecule has 2 unspecified atom stereocenters. The summed E-state index contributed by atoms with van der Waals surface area (Å²) in [6.45, 7) is 3.42. The Balaban J connectivity index is 1.46. The molecule has 1 heterocycles. The summed E-state index contributed by atoms with van der Waals surface area (Å²) in [5.74, 6) is 1.79. The molecule has 1 aliphatic heterocycles. The molecule has 1 saturated carbocycles. The highest BCUT2D eigenvalue weighted by molar-refractivity contribution is 5.82. The van der Waals surface area contributed by atoms with Gasteiger partial charge >= 0.3 is 0 Å². The number of nitrogens with one attached hydrogen (secondary N) is 2. The van der Waals surface area contributed by atoms with Crippen LogP contribution in [0.1, 0.15) is 5.56 Å². The molecule has 1 saturated heterocycles. The van der Waals surface area contributed by atoms with Crippen molar-refractivity contribution in [1.29, 1.82) is 0 Å². The van der Waals surface area contributed by atoms with Gasteiger partial charge in [-0.25, -0.2) is 0 Å². The average molecular weight is 238 g/mol. The van der Waals surface area contributed by atoms with Crippen molar-refractivity contribution in [3.8, 4) is 0 Å². The zero-order valence-corrected chi connectivity index (χ0v) is 10.4. The van der Waals surface area contributed by atoms with E-state index in [-0.39, 0.29) is 0 Å². The summed E-state index contributed by atoms with van der Waals surface area (Å²) in [6.07, 6.45) is 0. The summed E-state index contributed by atoms with van der Waals surface area (Å²) in [6, 6.07) is 16.1. The van der Waals surface area contributed by atoms with Gasteiger partial charge in [-0.15, -0.1) is 0 Å². The highest BCUT2D eigenvalue weighted by Gasteiger charge is 2.52. The third-order valence-electron chi connectivity index (χ3n) is 4.45. The standard InChI is InChI=1S/C16H18N2/c1-2-4-13-7-11(5-6-12(13)3-1)8-18-16-14-9-17-10-15(14)16/h1-7,14-18H,8-10H2. The number of hydrogen-bond acceptors (Lipinski definition) is 2. The molecular weight excluding hydrogens is 220 g/mol. The number of benzene rings is 2. The van der Waals surface area contributed by atoms with Crippen LogP contribution >= 0.6 is 0 Å². The van der Waals surface area contributed by atoms with Crippen molar-refractivity contribution in [3.63, 3.8) is 0 Å². The van der Waals surface area contributed by atoms with Crippen LogP contribution in [0.4, 0.5) is 0 Å². The van der Waals surface area contributed by atoms with Gasteiger partial charge in [0.05, 0.1) is 0 Å². The zero-order valence-electron chi connectivity index (χ0n) is 10.4. The molecule has 0 spiro atoms. The Morgan fingerprint density at radius 3 is 2.61 bits per heavy atom. The first-order valence-electron chi connectivity index (χ1n) is 6.83. The maximum Gasteiger partial charge on any atom is 0.0208 e. The minimum Gasteiger partial charge on any atom is -0.316 e. The molecule has 2 fully saturated rings. The summed E-state index contributed by atoms with van der Waals surface area (Å²) in [5, 5.41) is 9.80. The summed E-state index contributed by atoms with van der Waals surface area (Å²) < 4.78 is 0. The predicted octanol–water partition coefficient (Wildman–Crippen LogP) is 2.15. The summed E-state index contributed by atoms with van der Waals surface area (Å²) in [5.41, 5.74) is 1.40. The first-order valence-corrected chi connectivity index (χ1v) is 6.83. The molecule has 0 aromatic heterocycles. The number of rotatable bonds is 3. The van der Waals surface area contributed by atoms with Crippen molar-refractivity contribution in [2.45, 2.75) is 12.6 Å². The van der Waals surface area contributed by atoms with Crippen LogP contribution in [0.5, 0.6) is 0 Å². The molecule has 18 heavy (non-hydrogen) atoms. The molecule has 2 N–H and O–H groups in total. The topological polar surface area (TPSA) is 24.1 Å². The van der Waals surface area contributed by atoms with Gasteiger partial charge in [-0.3, -0.25) is 0 Å². The lowest BCUT2D eigenvalue weighted by atomic mass is 10.1. The molecule has 2 aromatic carbocycles. The van der Waals surface area contributed by atoms with Crippen LogP contribution in [0.3, 0.4) is 0 Å². The molecule has 2 aromatic rings. The fraction of sp³-hybridized carbons (Fsp3) is 0.375. The minimum atomic E-state index is 0.762. The molecule has 0 radical (unpaired) electrons. The van der Waals surface area contributed by atoms with E-state index in [0.29, 0.717) is 0 Å². The van der Waals surface area contributed by atoms with Crippen molar-refractivity contribution in [3.05, 3.63) is 48.0 Å². The molecule has 2 heteroatoms.